The van der Waals surface area contributed by atoms with Crippen molar-refractivity contribution in [1.82, 2.24) is 9.36 Å². The van der Waals surface area contributed by atoms with Gasteiger partial charge in [-0.1, -0.05) is 0 Å². The van der Waals surface area contributed by atoms with Gasteiger partial charge in [-0.2, -0.15) is 4.37 Å². The predicted molar refractivity (Wildman–Crippen MR) is 107 cm³/mol. The van der Waals surface area contributed by atoms with Gasteiger partial charge < -0.3 is 5.11 Å². The lowest BCUT2D eigenvalue weighted by atomic mass is 9.88. The predicted octanol–water partition coefficient (Wildman–Crippen LogP) is 4.83. The molecule has 4 rings (SSSR count). The molecule has 2 aromatic heterocycles. The molecule has 2 aromatic rings. The number of carboxylic acids is 1. The molecule has 2 aliphatic rings. The van der Waals surface area contributed by atoms with Crippen LogP contribution in [0.4, 0.5) is 0 Å². The van der Waals surface area contributed by atoms with Crippen LogP contribution in [0, 0.1) is 13.8 Å². The summed E-state index contributed by atoms with van der Waals surface area (Å²) in [4.78, 5) is 31.5. The number of thiophene rings is 1. The molecule has 1 N–H and O–H groups in total. The van der Waals surface area contributed by atoms with Gasteiger partial charge in [0.2, 0.25) is 0 Å². The molecule has 142 valence electrons. The van der Waals surface area contributed by atoms with Gasteiger partial charge in [0.25, 0.3) is 0 Å². The van der Waals surface area contributed by atoms with Gasteiger partial charge >= 0.3 is 5.97 Å². The van der Waals surface area contributed by atoms with E-state index in [0.29, 0.717) is 29.9 Å². The van der Waals surface area contributed by atoms with Crippen LogP contribution in [-0.2, 0) is 16.0 Å². The lowest BCUT2D eigenvalue weighted by Crippen LogP contribution is -2.17. The molecule has 0 aliphatic heterocycles. The quantitative estimate of drug-likeness (QED) is 0.749. The summed E-state index contributed by atoms with van der Waals surface area (Å²) in [5.41, 5.74) is 3.11. The van der Waals surface area contributed by atoms with Gasteiger partial charge in [-0.25, -0.2) is 9.78 Å². The second-order valence-corrected chi connectivity index (χ2v) is 9.27. The van der Waals surface area contributed by atoms with E-state index in [4.69, 9.17) is 0 Å². The molecule has 0 amide bonds. The van der Waals surface area contributed by atoms with Crippen LogP contribution >= 0.6 is 22.9 Å². The average Bonchev–Trinajstić information content (AvgIpc) is 3.32. The summed E-state index contributed by atoms with van der Waals surface area (Å²) in [5.74, 6) is 0.362. The van der Waals surface area contributed by atoms with Crippen molar-refractivity contribution < 1.29 is 14.7 Å². The van der Waals surface area contributed by atoms with Gasteiger partial charge in [-0.15, -0.1) is 11.3 Å². The Hall–Kier alpha value is -1.86. The number of carbonyl (C=O) groups excluding carboxylic acids is 1. The number of Topliss-reactive ketones (excluding diaryl/α,β-unsaturated/α-hetero) is 1. The minimum Gasteiger partial charge on any atom is -0.478 e. The Bertz CT molecular complexity index is 951. The summed E-state index contributed by atoms with van der Waals surface area (Å²) in [6, 6.07) is 0. The summed E-state index contributed by atoms with van der Waals surface area (Å²) in [5, 5.41) is 10.3. The molecule has 0 atom stereocenters. The fourth-order valence-corrected chi connectivity index (χ4v) is 6.17. The Morgan fingerprint density at radius 2 is 1.85 bits per heavy atom. The van der Waals surface area contributed by atoms with Crippen LogP contribution in [0.1, 0.15) is 65.6 Å². The monoisotopic (exact) mass is 402 g/mol. The van der Waals surface area contributed by atoms with Gasteiger partial charge in [-0.3, -0.25) is 4.79 Å². The number of carbonyl (C=O) groups is 2. The molecule has 2 aliphatic carbocycles. The van der Waals surface area contributed by atoms with E-state index in [1.807, 2.05) is 6.92 Å². The number of aryl methyl sites for hydroxylation is 1. The van der Waals surface area contributed by atoms with E-state index in [1.165, 1.54) is 34.8 Å². The normalized spacial score (nSPS) is 17.4. The molecule has 0 spiro atoms. The maximum absolute atomic E-state index is 13.0. The molecule has 0 aromatic carbocycles. The molecule has 2 heterocycles. The summed E-state index contributed by atoms with van der Waals surface area (Å²) < 4.78 is 4.31. The molecular weight excluding hydrogens is 380 g/mol. The number of rotatable bonds is 6. The van der Waals surface area contributed by atoms with Crippen molar-refractivity contribution >= 4 is 34.6 Å². The Labute approximate surface area is 166 Å². The number of allylic oxidation sites excluding steroid dienone is 1. The summed E-state index contributed by atoms with van der Waals surface area (Å²) in [6.45, 7) is 3.99. The van der Waals surface area contributed by atoms with Crippen LogP contribution in [0.25, 0.3) is 10.6 Å². The zero-order valence-corrected chi connectivity index (χ0v) is 17.1. The third-order valence-electron chi connectivity index (χ3n) is 5.33. The highest BCUT2D eigenvalue weighted by molar-refractivity contribution is 7.14. The lowest BCUT2D eigenvalue weighted by molar-refractivity contribution is -0.133. The lowest BCUT2D eigenvalue weighted by Gasteiger charge is -2.16. The minimum absolute atomic E-state index is 0.0433. The van der Waals surface area contributed by atoms with E-state index in [1.54, 1.807) is 11.3 Å². The zero-order valence-electron chi connectivity index (χ0n) is 15.5. The van der Waals surface area contributed by atoms with Crippen LogP contribution in [0.3, 0.4) is 0 Å². The second kappa shape index (κ2) is 7.28. The zero-order chi connectivity index (χ0) is 19.1. The molecular formula is C20H22N2O3S2. The van der Waals surface area contributed by atoms with Crippen LogP contribution < -0.4 is 0 Å². The number of ketones is 1. The number of aliphatic carboxylic acids is 1. The molecule has 5 nitrogen and oxygen atoms in total. The molecule has 0 saturated heterocycles. The highest BCUT2D eigenvalue weighted by Gasteiger charge is 2.32. The number of aromatic nitrogens is 2. The molecule has 0 bridgehead atoms. The topological polar surface area (TPSA) is 80.2 Å². The Balaban J connectivity index is 1.72. The number of nitrogens with zero attached hydrogens (tertiary/aromatic N) is 2. The Morgan fingerprint density at radius 1 is 1.15 bits per heavy atom. The van der Waals surface area contributed by atoms with Crippen LogP contribution in [-0.4, -0.2) is 26.2 Å². The molecule has 7 heteroatoms. The van der Waals surface area contributed by atoms with E-state index in [-0.39, 0.29) is 12.2 Å². The number of hydrogen-bond acceptors (Lipinski definition) is 6. The van der Waals surface area contributed by atoms with Crippen molar-refractivity contribution in [3.05, 3.63) is 32.3 Å². The van der Waals surface area contributed by atoms with Crippen molar-refractivity contribution in [1.29, 1.82) is 0 Å². The average molecular weight is 403 g/mol. The van der Waals surface area contributed by atoms with Crippen LogP contribution in [0.5, 0.6) is 0 Å². The molecule has 0 unspecified atom stereocenters. The minimum atomic E-state index is -0.945. The number of carboxylic acid groups (broad SMARTS) is 1. The summed E-state index contributed by atoms with van der Waals surface area (Å²) in [7, 11) is 0. The molecule has 1 fully saturated rings. The van der Waals surface area contributed by atoms with Crippen molar-refractivity contribution in [2.75, 3.05) is 0 Å². The van der Waals surface area contributed by atoms with Crippen molar-refractivity contribution in [3.63, 3.8) is 0 Å². The first-order valence-corrected chi connectivity index (χ1v) is 11.0. The highest BCUT2D eigenvalue weighted by atomic mass is 32.1. The summed E-state index contributed by atoms with van der Waals surface area (Å²) >= 11 is 3.08. The molecule has 27 heavy (non-hydrogen) atoms. The van der Waals surface area contributed by atoms with Crippen molar-refractivity contribution in [2.24, 2.45) is 0 Å². The first kappa shape index (κ1) is 18.5. The third kappa shape index (κ3) is 3.62. The van der Waals surface area contributed by atoms with E-state index >= 15 is 0 Å². The van der Waals surface area contributed by atoms with E-state index in [2.05, 4.69) is 16.3 Å². The fraction of sp³-hybridized carbons (Fsp3) is 0.500. The first-order chi connectivity index (χ1) is 13.0. The van der Waals surface area contributed by atoms with E-state index in [9.17, 15) is 14.7 Å². The maximum Gasteiger partial charge on any atom is 0.331 e. The maximum atomic E-state index is 13.0. The molecule has 1 saturated carbocycles. The Kier molecular flexibility index (Phi) is 4.99. The first-order valence-electron chi connectivity index (χ1n) is 9.37. The second-order valence-electron chi connectivity index (χ2n) is 7.38. The van der Waals surface area contributed by atoms with Gasteiger partial charge in [0.05, 0.1) is 0 Å². The number of hydrogen-bond donors (Lipinski definition) is 1. The fourth-order valence-electron chi connectivity index (χ4n) is 3.83. The van der Waals surface area contributed by atoms with Gasteiger partial charge in [0, 0.05) is 32.9 Å². The highest BCUT2D eigenvalue weighted by Crippen LogP contribution is 2.49. The standard InChI is InChI=1S/C20H22N2O3S2/c1-10-17(19-21-11(2)22-27-19)16(26-18(10)12-7-8-12)9-15(23)13-5-3-4-6-14(13)20(24)25/h12H,3-9H2,1-2H3,(H,24,25). The molecule has 0 radical (unpaired) electrons. The van der Waals surface area contributed by atoms with E-state index in [0.717, 1.165) is 34.1 Å². The van der Waals surface area contributed by atoms with Crippen LogP contribution in [0.15, 0.2) is 11.1 Å². The van der Waals surface area contributed by atoms with Crippen molar-refractivity contribution in [3.8, 4) is 10.6 Å². The van der Waals surface area contributed by atoms with Gasteiger partial charge in [0.15, 0.2) is 5.78 Å². The SMILES string of the molecule is Cc1nsc(-c2c(CC(=O)C3=C(C(=O)O)CCCC3)sc(C3CC3)c2C)n1. The van der Waals surface area contributed by atoms with Gasteiger partial charge in [-0.05, 0) is 75.4 Å². The smallest absolute Gasteiger partial charge is 0.331 e. The summed E-state index contributed by atoms with van der Waals surface area (Å²) in [6.07, 6.45) is 5.48. The van der Waals surface area contributed by atoms with Crippen LogP contribution in [0.2, 0.25) is 0 Å². The Morgan fingerprint density at radius 3 is 2.44 bits per heavy atom. The largest absolute Gasteiger partial charge is 0.478 e. The van der Waals surface area contributed by atoms with Crippen molar-refractivity contribution in [2.45, 2.75) is 64.7 Å². The van der Waals surface area contributed by atoms with Gasteiger partial charge in [0.1, 0.15) is 10.8 Å². The third-order valence-corrected chi connectivity index (χ3v) is 7.61. The van der Waals surface area contributed by atoms with E-state index < -0.39 is 5.97 Å².